The zero-order chi connectivity index (χ0) is 14.8. The second kappa shape index (κ2) is 5.48. The molecule has 1 aliphatic carbocycles. The molecule has 0 bridgehead atoms. The van der Waals surface area contributed by atoms with Gasteiger partial charge in [0.15, 0.2) is 5.79 Å². The molecule has 5 nitrogen and oxygen atoms in total. The molecule has 0 spiro atoms. The van der Waals surface area contributed by atoms with E-state index in [0.29, 0.717) is 25.0 Å². The summed E-state index contributed by atoms with van der Waals surface area (Å²) in [6.07, 6.45) is 2.84. The van der Waals surface area contributed by atoms with Gasteiger partial charge in [-0.15, -0.1) is 0 Å². The van der Waals surface area contributed by atoms with Gasteiger partial charge in [0.2, 0.25) is 0 Å². The number of ether oxygens (including phenoxy) is 1. The lowest BCUT2D eigenvalue weighted by Crippen LogP contribution is -2.06. The molecule has 1 aromatic carbocycles. The van der Waals surface area contributed by atoms with E-state index in [-0.39, 0.29) is 17.0 Å². The van der Waals surface area contributed by atoms with Crippen LogP contribution >= 0.6 is 0 Å². The maximum Gasteiger partial charge on any atom is 0.335 e. The fourth-order valence-electron chi connectivity index (χ4n) is 1.63. The molecule has 1 saturated carbocycles. The van der Waals surface area contributed by atoms with Gasteiger partial charge < -0.3 is 15.6 Å². The van der Waals surface area contributed by atoms with Gasteiger partial charge in [-0.1, -0.05) is 6.92 Å². The van der Waals surface area contributed by atoms with Gasteiger partial charge in [0.05, 0.1) is 17.9 Å². The van der Waals surface area contributed by atoms with Crippen LogP contribution in [0.25, 0.3) is 0 Å². The predicted molar refractivity (Wildman–Crippen MR) is 74.3 cm³/mol. The fourth-order valence-corrected chi connectivity index (χ4v) is 1.63. The third-order valence-corrected chi connectivity index (χ3v) is 2.98. The van der Waals surface area contributed by atoms with E-state index in [1.165, 1.54) is 18.3 Å². The van der Waals surface area contributed by atoms with Crippen molar-refractivity contribution in [3.8, 4) is 5.75 Å². The second-order valence-electron chi connectivity index (χ2n) is 4.81. The quantitative estimate of drug-likeness (QED) is 0.476. The number of nitrogens with zero attached hydrogens (tertiary/aromatic N) is 1. The summed E-state index contributed by atoms with van der Waals surface area (Å²) >= 11 is 0. The van der Waals surface area contributed by atoms with Gasteiger partial charge in [0, 0.05) is 24.6 Å². The number of hydrogen-bond acceptors (Lipinski definition) is 4. The molecule has 0 aliphatic heterocycles. The molecule has 3 N–H and O–H groups in total. The number of benzene rings is 1. The number of aromatic carboxylic acids is 1. The maximum absolute atomic E-state index is 13.5. The molecule has 0 unspecified atom stereocenters. The number of aliphatic imine (C=N–C) groups is 1. The molecule has 20 heavy (non-hydrogen) atoms. The normalized spacial score (nSPS) is 16.3. The Morgan fingerprint density at radius 3 is 2.85 bits per heavy atom. The van der Waals surface area contributed by atoms with E-state index in [1.54, 1.807) is 0 Å². The smallest absolute Gasteiger partial charge is 0.335 e. The van der Waals surface area contributed by atoms with Crippen molar-refractivity contribution in [2.45, 2.75) is 32.0 Å². The van der Waals surface area contributed by atoms with Gasteiger partial charge in [0.1, 0.15) is 5.75 Å². The first-order chi connectivity index (χ1) is 9.45. The highest BCUT2D eigenvalue weighted by Crippen LogP contribution is 2.41. The minimum atomic E-state index is -1.50. The van der Waals surface area contributed by atoms with Crippen LogP contribution in [0.3, 0.4) is 0 Å². The summed E-state index contributed by atoms with van der Waals surface area (Å²) in [5.74, 6) is -2.31. The van der Waals surface area contributed by atoms with Crippen molar-refractivity contribution in [3.63, 3.8) is 0 Å². The number of anilines is 1. The Bertz CT molecular complexity index is 554. The average molecular weight is 280 g/mol. The van der Waals surface area contributed by atoms with Crippen LogP contribution in [0.4, 0.5) is 10.1 Å². The first kappa shape index (κ1) is 14.3. The van der Waals surface area contributed by atoms with Crippen molar-refractivity contribution in [2.75, 3.05) is 12.3 Å². The molecule has 0 amide bonds. The lowest BCUT2D eigenvalue weighted by atomic mass is 10.1. The van der Waals surface area contributed by atoms with E-state index in [9.17, 15) is 9.18 Å². The zero-order valence-electron chi connectivity index (χ0n) is 11.2. The number of carboxylic acid groups (broad SMARTS) is 1. The zero-order valence-corrected chi connectivity index (χ0v) is 11.2. The lowest BCUT2D eigenvalue weighted by Gasteiger charge is -2.11. The monoisotopic (exact) mass is 280 g/mol. The van der Waals surface area contributed by atoms with Gasteiger partial charge in [-0.25, -0.2) is 9.18 Å². The van der Waals surface area contributed by atoms with E-state index < -0.39 is 11.8 Å². The summed E-state index contributed by atoms with van der Waals surface area (Å²) in [5.41, 5.74) is 6.58. The number of nitrogen functional groups attached to an aromatic ring is 1. The molecule has 2 rings (SSSR count). The lowest BCUT2D eigenvalue weighted by molar-refractivity contribution is 0.0696. The number of carbonyl (C=O) groups is 1. The molecular weight excluding hydrogens is 263 g/mol. The minimum absolute atomic E-state index is 0.0375. The third kappa shape index (κ3) is 3.26. The Morgan fingerprint density at radius 2 is 2.30 bits per heavy atom. The molecule has 0 atom stereocenters. The Labute approximate surface area is 116 Å². The van der Waals surface area contributed by atoms with Gasteiger partial charge in [-0.2, -0.15) is 0 Å². The van der Waals surface area contributed by atoms with E-state index in [4.69, 9.17) is 15.6 Å². The molecule has 1 fully saturated rings. The first-order valence-electron chi connectivity index (χ1n) is 6.49. The van der Waals surface area contributed by atoms with Crippen LogP contribution < -0.4 is 10.5 Å². The third-order valence-electron chi connectivity index (χ3n) is 2.98. The average Bonchev–Trinajstić information content (AvgIpc) is 3.14. The summed E-state index contributed by atoms with van der Waals surface area (Å²) in [4.78, 5) is 14.9. The van der Waals surface area contributed by atoms with E-state index in [2.05, 4.69) is 4.99 Å². The highest BCUT2D eigenvalue weighted by molar-refractivity contribution is 5.96. The summed E-state index contributed by atoms with van der Waals surface area (Å²) in [7, 11) is 0. The Hall–Kier alpha value is -2.11. The summed E-state index contributed by atoms with van der Waals surface area (Å²) in [6, 6.07) is 2.73. The van der Waals surface area contributed by atoms with Crippen molar-refractivity contribution in [1.82, 2.24) is 0 Å². The standard InChI is InChI=1S/C14H17FN2O3/c1-2-5-20-11-7-9(13(18)19)6-10(12(11)16)8-17-14(15)3-4-14/h6-8H,2-5,16H2,1H3,(H,18,19)/b17-8+. The molecule has 0 heterocycles. The second-order valence-corrected chi connectivity index (χ2v) is 4.81. The number of carboxylic acids is 1. The SMILES string of the molecule is CCCOc1cc(C(=O)O)cc(/C=N/C2(F)CC2)c1N. The first-order valence-corrected chi connectivity index (χ1v) is 6.49. The van der Waals surface area contributed by atoms with Crippen molar-refractivity contribution in [2.24, 2.45) is 4.99 Å². The van der Waals surface area contributed by atoms with Crippen LogP contribution in [0, 0.1) is 0 Å². The Morgan fingerprint density at radius 1 is 1.60 bits per heavy atom. The largest absolute Gasteiger partial charge is 0.491 e. The number of alkyl halides is 1. The predicted octanol–water partition coefficient (Wildman–Crippen LogP) is 2.63. The van der Waals surface area contributed by atoms with Crippen LogP contribution in [0.1, 0.15) is 42.1 Å². The number of halogens is 1. The Kier molecular flexibility index (Phi) is 3.92. The molecule has 6 heteroatoms. The van der Waals surface area contributed by atoms with E-state index >= 15 is 0 Å². The summed E-state index contributed by atoms with van der Waals surface area (Å²) in [5, 5.41) is 9.08. The van der Waals surface area contributed by atoms with Crippen LogP contribution in [-0.4, -0.2) is 29.7 Å². The fraction of sp³-hybridized carbons (Fsp3) is 0.429. The summed E-state index contributed by atoms with van der Waals surface area (Å²) in [6.45, 7) is 2.36. The van der Waals surface area contributed by atoms with Crippen molar-refractivity contribution >= 4 is 17.9 Å². The molecule has 0 saturated heterocycles. The molecule has 1 aliphatic rings. The number of hydrogen-bond donors (Lipinski definition) is 2. The van der Waals surface area contributed by atoms with E-state index in [1.807, 2.05) is 6.92 Å². The van der Waals surface area contributed by atoms with Gasteiger partial charge in [-0.3, -0.25) is 4.99 Å². The van der Waals surface area contributed by atoms with Crippen LogP contribution in [-0.2, 0) is 0 Å². The molecule has 1 aromatic rings. The van der Waals surface area contributed by atoms with Gasteiger partial charge in [-0.05, 0) is 18.6 Å². The highest BCUT2D eigenvalue weighted by Gasteiger charge is 2.42. The van der Waals surface area contributed by atoms with Crippen LogP contribution in [0.2, 0.25) is 0 Å². The topological polar surface area (TPSA) is 84.9 Å². The summed E-state index contributed by atoms with van der Waals surface area (Å²) < 4.78 is 18.9. The number of nitrogens with two attached hydrogens (primary N) is 1. The number of rotatable bonds is 6. The molecule has 108 valence electrons. The van der Waals surface area contributed by atoms with E-state index in [0.717, 1.165) is 6.42 Å². The van der Waals surface area contributed by atoms with Crippen LogP contribution in [0.15, 0.2) is 17.1 Å². The minimum Gasteiger partial charge on any atom is -0.491 e. The Balaban J connectivity index is 2.35. The van der Waals surface area contributed by atoms with Crippen molar-refractivity contribution in [3.05, 3.63) is 23.3 Å². The maximum atomic E-state index is 13.5. The van der Waals surface area contributed by atoms with Crippen LogP contribution in [0.5, 0.6) is 5.75 Å². The van der Waals surface area contributed by atoms with Crippen molar-refractivity contribution < 1.29 is 19.0 Å². The highest BCUT2D eigenvalue weighted by atomic mass is 19.1. The molecule has 0 aromatic heterocycles. The van der Waals surface area contributed by atoms with Gasteiger partial charge in [0.25, 0.3) is 0 Å². The van der Waals surface area contributed by atoms with Gasteiger partial charge >= 0.3 is 5.97 Å². The van der Waals surface area contributed by atoms with Crippen molar-refractivity contribution in [1.29, 1.82) is 0 Å². The molecule has 0 radical (unpaired) electrons. The molecular formula is C14H17FN2O3.